The predicted molar refractivity (Wildman–Crippen MR) is 95.5 cm³/mol. The van der Waals surface area contributed by atoms with Gasteiger partial charge in [0, 0.05) is 25.6 Å². The Hall–Kier alpha value is -0.570. The number of likely N-dealkylation sites (tertiary alicyclic amines) is 2. The van der Waals surface area contributed by atoms with E-state index in [1.54, 1.807) is 0 Å². The maximum atomic E-state index is 13.1. The van der Waals surface area contributed by atoms with Crippen molar-refractivity contribution in [3.05, 3.63) is 0 Å². The highest BCUT2D eigenvalue weighted by Gasteiger charge is 2.53. The lowest BCUT2D eigenvalue weighted by Crippen LogP contribution is -2.49. The zero-order chi connectivity index (χ0) is 16.1. The molecule has 134 valence electrons. The molecule has 2 heterocycles. The number of hydrogen-bond donors (Lipinski definition) is 0. The second-order valence-electron chi connectivity index (χ2n) is 9.63. The van der Waals surface area contributed by atoms with E-state index in [0.29, 0.717) is 11.8 Å². The van der Waals surface area contributed by atoms with Crippen molar-refractivity contribution in [2.75, 3.05) is 32.7 Å². The predicted octanol–water partition coefficient (Wildman–Crippen LogP) is 3.39. The molecule has 0 spiro atoms. The van der Waals surface area contributed by atoms with Crippen LogP contribution >= 0.6 is 0 Å². The van der Waals surface area contributed by atoms with Crippen LogP contribution in [0, 0.1) is 35.5 Å². The highest BCUT2D eigenvalue weighted by atomic mass is 16.2. The van der Waals surface area contributed by atoms with Gasteiger partial charge in [0.1, 0.15) is 0 Å². The molecule has 1 atom stereocenters. The van der Waals surface area contributed by atoms with Gasteiger partial charge in [0.05, 0.1) is 0 Å². The molecule has 4 bridgehead atoms. The van der Waals surface area contributed by atoms with E-state index in [9.17, 15) is 4.79 Å². The van der Waals surface area contributed by atoms with E-state index < -0.39 is 0 Å². The topological polar surface area (TPSA) is 23.6 Å². The second kappa shape index (κ2) is 6.30. The van der Waals surface area contributed by atoms with Crippen LogP contribution < -0.4 is 0 Å². The van der Waals surface area contributed by atoms with Crippen molar-refractivity contribution in [3.8, 4) is 0 Å². The zero-order valence-corrected chi connectivity index (χ0v) is 15.2. The van der Waals surface area contributed by atoms with Crippen molar-refractivity contribution < 1.29 is 4.79 Å². The van der Waals surface area contributed by atoms with E-state index in [4.69, 9.17) is 0 Å². The molecule has 6 rings (SSSR count). The zero-order valence-electron chi connectivity index (χ0n) is 15.2. The SMILES string of the molecule is O=C1C(C2C3CC4CC(C3)CC2C4)CCN1CCN1CCCCC1. The Morgan fingerprint density at radius 3 is 2.12 bits per heavy atom. The van der Waals surface area contributed by atoms with Gasteiger partial charge in [0.2, 0.25) is 5.91 Å². The first-order valence-electron chi connectivity index (χ1n) is 10.8. The summed E-state index contributed by atoms with van der Waals surface area (Å²) in [6, 6.07) is 0. The summed E-state index contributed by atoms with van der Waals surface area (Å²) in [6.45, 7) is 5.64. The maximum Gasteiger partial charge on any atom is 0.226 e. The van der Waals surface area contributed by atoms with Gasteiger partial charge in [0.15, 0.2) is 0 Å². The molecule has 0 aromatic heterocycles. The third kappa shape index (κ3) is 2.71. The van der Waals surface area contributed by atoms with Gasteiger partial charge < -0.3 is 9.80 Å². The second-order valence-corrected chi connectivity index (χ2v) is 9.63. The Bertz CT molecular complexity index is 456. The van der Waals surface area contributed by atoms with Crippen LogP contribution in [0.3, 0.4) is 0 Å². The molecule has 0 aromatic rings. The third-order valence-corrected chi connectivity index (χ3v) is 8.24. The molecule has 4 aliphatic carbocycles. The van der Waals surface area contributed by atoms with Crippen molar-refractivity contribution in [1.29, 1.82) is 0 Å². The van der Waals surface area contributed by atoms with Crippen LogP contribution in [-0.2, 0) is 4.79 Å². The molecular formula is C21H34N2O. The Kier molecular flexibility index (Phi) is 4.11. The van der Waals surface area contributed by atoms with Gasteiger partial charge in [-0.1, -0.05) is 6.42 Å². The van der Waals surface area contributed by atoms with Crippen molar-refractivity contribution >= 4 is 5.91 Å². The van der Waals surface area contributed by atoms with Gasteiger partial charge in [-0.05, 0) is 94.0 Å². The van der Waals surface area contributed by atoms with Crippen molar-refractivity contribution in [2.24, 2.45) is 35.5 Å². The standard InChI is InChI=1S/C21H34N2O/c24-21-19(4-7-23(21)9-8-22-5-2-1-3-6-22)20-17-11-15-10-16(13-17)14-18(20)12-15/h15-20H,1-14H2. The summed E-state index contributed by atoms with van der Waals surface area (Å²) in [5, 5.41) is 0. The number of rotatable bonds is 4. The molecule has 2 aliphatic heterocycles. The lowest BCUT2D eigenvalue weighted by Gasteiger charge is -2.55. The van der Waals surface area contributed by atoms with Gasteiger partial charge in [-0.15, -0.1) is 0 Å². The first-order chi connectivity index (χ1) is 11.8. The van der Waals surface area contributed by atoms with Crippen molar-refractivity contribution in [1.82, 2.24) is 9.80 Å². The summed E-state index contributed by atoms with van der Waals surface area (Å²) in [5.74, 6) is 5.52. The quantitative estimate of drug-likeness (QED) is 0.789. The van der Waals surface area contributed by atoms with E-state index in [-0.39, 0.29) is 0 Å². The van der Waals surface area contributed by atoms with Gasteiger partial charge in [-0.3, -0.25) is 4.79 Å². The molecule has 1 unspecified atom stereocenters. The lowest BCUT2D eigenvalue weighted by molar-refractivity contribution is -0.138. The van der Waals surface area contributed by atoms with Crippen LogP contribution in [-0.4, -0.2) is 48.4 Å². The van der Waals surface area contributed by atoms with E-state index in [0.717, 1.165) is 55.6 Å². The molecule has 0 radical (unpaired) electrons. The molecule has 6 aliphatic rings. The van der Waals surface area contributed by atoms with Gasteiger partial charge >= 0.3 is 0 Å². The first kappa shape index (κ1) is 15.7. The van der Waals surface area contributed by atoms with Gasteiger partial charge in [-0.2, -0.15) is 0 Å². The molecular weight excluding hydrogens is 296 g/mol. The fraction of sp³-hybridized carbons (Fsp3) is 0.952. The molecule has 3 heteroatoms. The van der Waals surface area contributed by atoms with Crippen LogP contribution in [0.15, 0.2) is 0 Å². The number of piperidine rings is 1. The number of carbonyl (C=O) groups excluding carboxylic acids is 1. The fourth-order valence-electron chi connectivity index (χ4n) is 7.41. The number of nitrogens with zero attached hydrogens (tertiary/aromatic N) is 2. The van der Waals surface area contributed by atoms with Crippen molar-refractivity contribution in [3.63, 3.8) is 0 Å². The molecule has 1 amide bonds. The third-order valence-electron chi connectivity index (χ3n) is 8.24. The summed E-state index contributed by atoms with van der Waals surface area (Å²) in [6.07, 6.45) is 12.6. The fourth-order valence-corrected chi connectivity index (χ4v) is 7.41. The largest absolute Gasteiger partial charge is 0.341 e. The summed E-state index contributed by atoms with van der Waals surface area (Å²) < 4.78 is 0. The first-order valence-corrected chi connectivity index (χ1v) is 10.8. The van der Waals surface area contributed by atoms with E-state index in [1.165, 1.54) is 64.5 Å². The molecule has 2 saturated heterocycles. The average Bonchev–Trinajstić information content (AvgIpc) is 2.94. The Morgan fingerprint density at radius 1 is 0.792 bits per heavy atom. The molecule has 4 saturated carbocycles. The normalized spacial score (nSPS) is 45.3. The van der Waals surface area contributed by atoms with Crippen molar-refractivity contribution in [2.45, 2.75) is 57.8 Å². The highest BCUT2D eigenvalue weighted by Crippen LogP contribution is 2.59. The van der Waals surface area contributed by atoms with Crippen LogP contribution in [0.4, 0.5) is 0 Å². The monoisotopic (exact) mass is 330 g/mol. The maximum absolute atomic E-state index is 13.1. The average molecular weight is 331 g/mol. The van der Waals surface area contributed by atoms with E-state index in [2.05, 4.69) is 9.80 Å². The summed E-state index contributed by atoms with van der Waals surface area (Å²) >= 11 is 0. The highest BCUT2D eigenvalue weighted by molar-refractivity contribution is 5.81. The number of hydrogen-bond acceptors (Lipinski definition) is 2. The lowest BCUT2D eigenvalue weighted by atomic mass is 9.49. The minimum absolute atomic E-state index is 0.390. The minimum Gasteiger partial charge on any atom is -0.341 e. The molecule has 0 N–H and O–H groups in total. The Morgan fingerprint density at radius 2 is 1.46 bits per heavy atom. The number of carbonyl (C=O) groups is 1. The van der Waals surface area contributed by atoms with Gasteiger partial charge in [-0.25, -0.2) is 0 Å². The molecule has 0 aromatic carbocycles. The summed E-state index contributed by atoms with van der Waals surface area (Å²) in [5.41, 5.74) is 0. The summed E-state index contributed by atoms with van der Waals surface area (Å²) in [4.78, 5) is 17.9. The minimum atomic E-state index is 0.390. The summed E-state index contributed by atoms with van der Waals surface area (Å²) in [7, 11) is 0. The molecule has 3 nitrogen and oxygen atoms in total. The Labute approximate surface area is 147 Å². The van der Waals surface area contributed by atoms with E-state index >= 15 is 0 Å². The van der Waals surface area contributed by atoms with Crippen LogP contribution in [0.2, 0.25) is 0 Å². The van der Waals surface area contributed by atoms with Crippen LogP contribution in [0.5, 0.6) is 0 Å². The molecule has 6 fully saturated rings. The Balaban J connectivity index is 1.20. The smallest absolute Gasteiger partial charge is 0.226 e. The van der Waals surface area contributed by atoms with Crippen LogP contribution in [0.25, 0.3) is 0 Å². The molecule has 24 heavy (non-hydrogen) atoms. The van der Waals surface area contributed by atoms with Gasteiger partial charge in [0.25, 0.3) is 0 Å². The van der Waals surface area contributed by atoms with Crippen LogP contribution in [0.1, 0.15) is 57.8 Å². The number of amides is 1. The van der Waals surface area contributed by atoms with E-state index in [1.807, 2.05) is 0 Å².